The molecule has 1 saturated carbocycles. The van der Waals surface area contributed by atoms with Gasteiger partial charge in [0.2, 0.25) is 0 Å². The predicted molar refractivity (Wildman–Crippen MR) is 54.3 cm³/mol. The van der Waals surface area contributed by atoms with Crippen LogP contribution in [0.25, 0.3) is 0 Å². The Balaban J connectivity index is 2.12. The van der Waals surface area contributed by atoms with Gasteiger partial charge in [0.1, 0.15) is 5.78 Å². The van der Waals surface area contributed by atoms with E-state index in [1.807, 2.05) is 6.92 Å². The first-order valence-corrected chi connectivity index (χ1v) is 5.27. The maximum atomic E-state index is 11.6. The second-order valence-electron chi connectivity index (χ2n) is 3.73. The maximum Gasteiger partial charge on any atom is 0.136 e. The Labute approximate surface area is 80.9 Å². The minimum Gasteiger partial charge on any atom is -0.299 e. The van der Waals surface area contributed by atoms with Crippen LogP contribution in [0, 0.1) is 17.8 Å². The van der Waals surface area contributed by atoms with E-state index in [1.165, 1.54) is 12.8 Å². The molecule has 0 atom stereocenters. The first-order chi connectivity index (χ1) is 6.34. The largest absolute Gasteiger partial charge is 0.299 e. The van der Waals surface area contributed by atoms with Crippen LogP contribution in [-0.2, 0) is 4.79 Å². The molecule has 72 valence electrons. The van der Waals surface area contributed by atoms with E-state index in [2.05, 4.69) is 11.8 Å². The number of hydrogen-bond acceptors (Lipinski definition) is 1. The number of carbonyl (C=O) groups excluding carboxylic acids is 1. The van der Waals surface area contributed by atoms with Gasteiger partial charge in [-0.05, 0) is 26.2 Å². The highest BCUT2D eigenvalue weighted by atomic mass is 16.1. The fourth-order valence-electron chi connectivity index (χ4n) is 1.93. The van der Waals surface area contributed by atoms with Crippen molar-refractivity contribution >= 4 is 5.78 Å². The minimum absolute atomic E-state index is 0.398. The third-order valence-corrected chi connectivity index (χ3v) is 2.71. The summed E-state index contributed by atoms with van der Waals surface area (Å²) >= 11 is 0. The van der Waals surface area contributed by atoms with E-state index in [9.17, 15) is 4.79 Å². The lowest BCUT2D eigenvalue weighted by Gasteiger charge is -2.05. The van der Waals surface area contributed by atoms with Crippen LogP contribution in [0.5, 0.6) is 0 Å². The quantitative estimate of drug-likeness (QED) is 0.478. The third-order valence-electron chi connectivity index (χ3n) is 2.71. The molecule has 1 rings (SSSR count). The summed E-state index contributed by atoms with van der Waals surface area (Å²) in [5.74, 6) is 6.72. The molecular weight excluding hydrogens is 160 g/mol. The van der Waals surface area contributed by atoms with E-state index in [4.69, 9.17) is 0 Å². The molecule has 0 aromatic heterocycles. The standard InChI is InChI=1S/C12H18O/c1-2-3-4-5-10-12(13)11-8-6-7-9-11/h11H,4-10H2,1H3. The SMILES string of the molecule is CC#CCCCC(=O)C1CCCC1. The van der Waals surface area contributed by atoms with Crippen LogP contribution < -0.4 is 0 Å². The molecule has 0 bridgehead atoms. The van der Waals surface area contributed by atoms with Crippen LogP contribution in [0.3, 0.4) is 0 Å². The van der Waals surface area contributed by atoms with Gasteiger partial charge in [0, 0.05) is 18.8 Å². The van der Waals surface area contributed by atoms with Crippen molar-refractivity contribution in [2.75, 3.05) is 0 Å². The Morgan fingerprint density at radius 3 is 2.69 bits per heavy atom. The minimum atomic E-state index is 0.398. The van der Waals surface area contributed by atoms with Gasteiger partial charge in [0.05, 0.1) is 0 Å². The van der Waals surface area contributed by atoms with Crippen molar-refractivity contribution in [1.82, 2.24) is 0 Å². The molecule has 0 N–H and O–H groups in total. The molecule has 0 unspecified atom stereocenters. The molecular formula is C12H18O. The van der Waals surface area contributed by atoms with Crippen molar-refractivity contribution < 1.29 is 4.79 Å². The number of ketones is 1. The molecule has 1 nitrogen and oxygen atoms in total. The molecule has 1 aliphatic rings. The number of unbranched alkanes of at least 4 members (excludes halogenated alkanes) is 1. The van der Waals surface area contributed by atoms with Gasteiger partial charge in [0.15, 0.2) is 0 Å². The van der Waals surface area contributed by atoms with Crippen LogP contribution in [0.4, 0.5) is 0 Å². The third kappa shape index (κ3) is 3.63. The molecule has 0 aromatic rings. The average Bonchev–Trinajstić information content (AvgIpc) is 2.65. The molecule has 0 aliphatic heterocycles. The molecule has 0 heterocycles. The van der Waals surface area contributed by atoms with E-state index in [1.54, 1.807) is 0 Å². The summed E-state index contributed by atoms with van der Waals surface area (Å²) < 4.78 is 0. The molecule has 13 heavy (non-hydrogen) atoms. The topological polar surface area (TPSA) is 17.1 Å². The number of rotatable bonds is 4. The smallest absolute Gasteiger partial charge is 0.136 e. The van der Waals surface area contributed by atoms with Gasteiger partial charge >= 0.3 is 0 Å². The van der Waals surface area contributed by atoms with Crippen molar-refractivity contribution in [1.29, 1.82) is 0 Å². The molecule has 1 aliphatic carbocycles. The summed E-state index contributed by atoms with van der Waals surface area (Å²) in [6.45, 7) is 1.85. The summed E-state index contributed by atoms with van der Waals surface area (Å²) in [5, 5.41) is 0. The fraction of sp³-hybridized carbons (Fsp3) is 0.750. The highest BCUT2D eigenvalue weighted by Crippen LogP contribution is 2.26. The first kappa shape index (κ1) is 10.3. The zero-order valence-electron chi connectivity index (χ0n) is 8.44. The van der Waals surface area contributed by atoms with Crippen molar-refractivity contribution in [3.05, 3.63) is 0 Å². The van der Waals surface area contributed by atoms with Gasteiger partial charge in [-0.15, -0.1) is 11.8 Å². The van der Waals surface area contributed by atoms with Crippen LogP contribution in [-0.4, -0.2) is 5.78 Å². The lowest BCUT2D eigenvalue weighted by molar-refractivity contribution is -0.122. The highest BCUT2D eigenvalue weighted by molar-refractivity contribution is 5.81. The molecule has 0 spiro atoms. The van der Waals surface area contributed by atoms with Crippen molar-refractivity contribution in [2.45, 2.75) is 51.9 Å². The maximum absolute atomic E-state index is 11.6. The normalized spacial score (nSPS) is 16.7. The zero-order valence-corrected chi connectivity index (χ0v) is 8.44. The van der Waals surface area contributed by atoms with Crippen LogP contribution in [0.1, 0.15) is 51.9 Å². The highest BCUT2D eigenvalue weighted by Gasteiger charge is 2.21. The Morgan fingerprint density at radius 1 is 1.38 bits per heavy atom. The van der Waals surface area contributed by atoms with E-state index in [0.717, 1.165) is 32.1 Å². The van der Waals surface area contributed by atoms with Gasteiger partial charge in [-0.3, -0.25) is 4.79 Å². The Morgan fingerprint density at radius 2 is 2.08 bits per heavy atom. The Bertz CT molecular complexity index is 213. The number of carbonyl (C=O) groups is 1. The van der Waals surface area contributed by atoms with E-state index < -0.39 is 0 Å². The van der Waals surface area contributed by atoms with Crippen molar-refractivity contribution in [3.8, 4) is 11.8 Å². The Kier molecular flexibility index (Phi) is 4.60. The molecule has 0 aromatic carbocycles. The Hall–Kier alpha value is -0.770. The summed E-state index contributed by atoms with van der Waals surface area (Å²) in [6.07, 6.45) is 7.37. The van der Waals surface area contributed by atoms with Crippen LogP contribution >= 0.6 is 0 Å². The van der Waals surface area contributed by atoms with E-state index in [-0.39, 0.29) is 0 Å². The summed E-state index contributed by atoms with van der Waals surface area (Å²) in [6, 6.07) is 0. The van der Waals surface area contributed by atoms with Crippen LogP contribution in [0.2, 0.25) is 0 Å². The van der Waals surface area contributed by atoms with Crippen LogP contribution in [0.15, 0.2) is 0 Å². The lowest BCUT2D eigenvalue weighted by atomic mass is 9.98. The number of hydrogen-bond donors (Lipinski definition) is 0. The summed E-state index contributed by atoms with van der Waals surface area (Å²) in [7, 11) is 0. The van der Waals surface area contributed by atoms with Crippen molar-refractivity contribution in [2.24, 2.45) is 5.92 Å². The second kappa shape index (κ2) is 5.80. The molecule has 0 amide bonds. The van der Waals surface area contributed by atoms with Gasteiger partial charge in [-0.2, -0.15) is 0 Å². The molecule has 0 saturated heterocycles. The van der Waals surface area contributed by atoms with E-state index in [0.29, 0.717) is 11.7 Å². The lowest BCUT2D eigenvalue weighted by Crippen LogP contribution is -2.09. The number of Topliss-reactive ketones (excluding diaryl/α,β-unsaturated/α-hetero) is 1. The predicted octanol–water partition coefficient (Wildman–Crippen LogP) is 2.94. The van der Waals surface area contributed by atoms with Gasteiger partial charge in [-0.1, -0.05) is 12.8 Å². The zero-order chi connectivity index (χ0) is 9.52. The molecule has 0 radical (unpaired) electrons. The van der Waals surface area contributed by atoms with Gasteiger partial charge in [-0.25, -0.2) is 0 Å². The average molecular weight is 178 g/mol. The monoisotopic (exact) mass is 178 g/mol. The van der Waals surface area contributed by atoms with Gasteiger partial charge < -0.3 is 0 Å². The van der Waals surface area contributed by atoms with Gasteiger partial charge in [0.25, 0.3) is 0 Å². The van der Waals surface area contributed by atoms with E-state index >= 15 is 0 Å². The second-order valence-corrected chi connectivity index (χ2v) is 3.73. The summed E-state index contributed by atoms with van der Waals surface area (Å²) in [4.78, 5) is 11.6. The summed E-state index contributed by atoms with van der Waals surface area (Å²) in [5.41, 5.74) is 0. The molecule has 1 heteroatoms. The van der Waals surface area contributed by atoms with Crippen molar-refractivity contribution in [3.63, 3.8) is 0 Å². The first-order valence-electron chi connectivity index (χ1n) is 5.27. The molecule has 1 fully saturated rings. The fourth-order valence-corrected chi connectivity index (χ4v) is 1.93.